The van der Waals surface area contributed by atoms with E-state index < -0.39 is 11.6 Å². The van der Waals surface area contributed by atoms with Crippen molar-refractivity contribution in [3.05, 3.63) is 35.7 Å². The van der Waals surface area contributed by atoms with Crippen LogP contribution >= 0.6 is 0 Å². The summed E-state index contributed by atoms with van der Waals surface area (Å²) in [5, 5.41) is 0. The second kappa shape index (κ2) is 3.80. The summed E-state index contributed by atoms with van der Waals surface area (Å²) in [6.45, 7) is 1.83. The highest BCUT2D eigenvalue weighted by atomic mass is 19.2. The first-order valence-corrected chi connectivity index (χ1v) is 5.88. The fraction of sp³-hybridized carbons (Fsp3) is 0.308. The number of aryl methyl sites for hydroxylation is 1. The summed E-state index contributed by atoms with van der Waals surface area (Å²) < 4.78 is 28.9. The molecule has 18 heavy (non-hydrogen) atoms. The molecule has 2 aromatic rings. The number of imidazole rings is 1. The van der Waals surface area contributed by atoms with Crippen molar-refractivity contribution >= 4 is 5.82 Å². The van der Waals surface area contributed by atoms with Gasteiger partial charge in [0.15, 0.2) is 11.6 Å². The lowest BCUT2D eigenvalue weighted by Gasteiger charge is -2.05. The Labute approximate surface area is 103 Å². The Kier molecular flexibility index (Phi) is 2.36. The molecule has 0 radical (unpaired) electrons. The smallest absolute Gasteiger partial charge is 0.168 e. The van der Waals surface area contributed by atoms with Gasteiger partial charge in [-0.15, -0.1) is 0 Å². The predicted octanol–water partition coefficient (Wildman–Crippen LogP) is 3.05. The molecule has 3 nitrogen and oxygen atoms in total. The maximum absolute atomic E-state index is 13.7. The Morgan fingerprint density at radius 3 is 2.72 bits per heavy atom. The van der Waals surface area contributed by atoms with Crippen molar-refractivity contribution in [1.29, 1.82) is 0 Å². The van der Waals surface area contributed by atoms with Crippen molar-refractivity contribution in [3.63, 3.8) is 0 Å². The largest absolute Gasteiger partial charge is 0.383 e. The minimum absolute atomic E-state index is 0.120. The highest BCUT2D eigenvalue weighted by Crippen LogP contribution is 2.41. The van der Waals surface area contributed by atoms with E-state index in [0.717, 1.165) is 24.7 Å². The number of rotatable bonds is 2. The van der Waals surface area contributed by atoms with E-state index >= 15 is 0 Å². The van der Waals surface area contributed by atoms with Gasteiger partial charge < -0.3 is 10.3 Å². The van der Waals surface area contributed by atoms with Gasteiger partial charge in [-0.2, -0.15) is 0 Å². The van der Waals surface area contributed by atoms with E-state index in [1.807, 2.05) is 11.5 Å². The third-order valence-corrected chi connectivity index (χ3v) is 3.24. The molecule has 1 saturated carbocycles. The first-order valence-electron chi connectivity index (χ1n) is 5.88. The van der Waals surface area contributed by atoms with Crippen molar-refractivity contribution in [2.24, 2.45) is 0 Å². The van der Waals surface area contributed by atoms with E-state index in [1.54, 1.807) is 0 Å². The average molecular weight is 249 g/mol. The SMILES string of the molecule is Cc1nc(-c2cccc(F)c2F)c(N)n1C1CC1. The van der Waals surface area contributed by atoms with Gasteiger partial charge in [0.25, 0.3) is 0 Å². The summed E-state index contributed by atoms with van der Waals surface area (Å²) in [5.41, 5.74) is 6.46. The van der Waals surface area contributed by atoms with Crippen molar-refractivity contribution in [1.82, 2.24) is 9.55 Å². The second-order valence-corrected chi connectivity index (χ2v) is 4.60. The molecule has 1 heterocycles. The lowest BCUT2D eigenvalue weighted by Crippen LogP contribution is -2.02. The number of anilines is 1. The van der Waals surface area contributed by atoms with Gasteiger partial charge in [-0.25, -0.2) is 13.8 Å². The zero-order valence-electron chi connectivity index (χ0n) is 9.95. The third kappa shape index (κ3) is 1.58. The Hall–Kier alpha value is -1.91. The molecule has 1 aromatic carbocycles. The molecular weight excluding hydrogens is 236 g/mol. The predicted molar refractivity (Wildman–Crippen MR) is 65.0 cm³/mol. The Morgan fingerprint density at radius 1 is 1.33 bits per heavy atom. The zero-order chi connectivity index (χ0) is 12.9. The van der Waals surface area contributed by atoms with Gasteiger partial charge in [-0.1, -0.05) is 6.07 Å². The molecule has 1 aromatic heterocycles. The van der Waals surface area contributed by atoms with Gasteiger partial charge >= 0.3 is 0 Å². The Balaban J connectivity index is 2.17. The summed E-state index contributed by atoms with van der Waals surface area (Å²) in [6.07, 6.45) is 2.12. The lowest BCUT2D eigenvalue weighted by molar-refractivity contribution is 0.511. The minimum Gasteiger partial charge on any atom is -0.383 e. The van der Waals surface area contributed by atoms with Crippen LogP contribution in [0, 0.1) is 18.6 Å². The van der Waals surface area contributed by atoms with Gasteiger partial charge in [0, 0.05) is 11.6 Å². The van der Waals surface area contributed by atoms with Crippen LogP contribution in [0.4, 0.5) is 14.6 Å². The molecule has 0 aliphatic heterocycles. The summed E-state index contributed by atoms with van der Waals surface area (Å²) in [5.74, 6) is -0.622. The maximum Gasteiger partial charge on any atom is 0.168 e. The van der Waals surface area contributed by atoms with Crippen LogP contribution in [0.1, 0.15) is 24.7 Å². The molecular formula is C13H13F2N3. The fourth-order valence-electron chi connectivity index (χ4n) is 2.24. The molecule has 1 fully saturated rings. The van der Waals surface area contributed by atoms with Crippen LogP contribution in [0.3, 0.4) is 0 Å². The van der Waals surface area contributed by atoms with E-state index in [1.165, 1.54) is 12.1 Å². The van der Waals surface area contributed by atoms with E-state index in [4.69, 9.17) is 5.73 Å². The van der Waals surface area contributed by atoms with E-state index in [2.05, 4.69) is 4.98 Å². The van der Waals surface area contributed by atoms with Crippen LogP contribution in [-0.4, -0.2) is 9.55 Å². The van der Waals surface area contributed by atoms with Gasteiger partial charge in [0.1, 0.15) is 17.3 Å². The van der Waals surface area contributed by atoms with Crippen molar-refractivity contribution in [3.8, 4) is 11.3 Å². The molecule has 0 amide bonds. The molecule has 1 aliphatic rings. The van der Waals surface area contributed by atoms with Crippen molar-refractivity contribution in [2.75, 3.05) is 5.73 Å². The number of aromatic nitrogens is 2. The van der Waals surface area contributed by atoms with Crippen molar-refractivity contribution in [2.45, 2.75) is 25.8 Å². The minimum atomic E-state index is -0.898. The molecule has 1 aliphatic carbocycles. The molecule has 0 spiro atoms. The van der Waals surface area contributed by atoms with E-state index in [-0.39, 0.29) is 5.56 Å². The first kappa shape index (κ1) is 11.2. The highest BCUT2D eigenvalue weighted by Gasteiger charge is 2.29. The number of nitrogen functional groups attached to an aromatic ring is 1. The number of hydrogen-bond donors (Lipinski definition) is 1. The molecule has 2 N–H and O–H groups in total. The standard InChI is InChI=1S/C13H13F2N3/c1-7-17-12(13(16)18(7)8-5-6-8)9-3-2-4-10(14)11(9)15/h2-4,8H,5-6,16H2,1H3. The number of benzene rings is 1. The molecule has 5 heteroatoms. The number of nitrogens with zero attached hydrogens (tertiary/aromatic N) is 2. The van der Waals surface area contributed by atoms with E-state index in [9.17, 15) is 8.78 Å². The van der Waals surface area contributed by atoms with Crippen LogP contribution < -0.4 is 5.73 Å². The summed E-state index contributed by atoms with van der Waals surface area (Å²) in [6, 6.07) is 4.40. The fourth-order valence-corrected chi connectivity index (χ4v) is 2.24. The molecule has 0 unspecified atom stereocenters. The van der Waals surface area contributed by atoms with Crippen LogP contribution in [0.25, 0.3) is 11.3 Å². The summed E-state index contributed by atoms with van der Waals surface area (Å²) >= 11 is 0. The molecule has 94 valence electrons. The Bertz CT molecular complexity index is 615. The van der Waals surface area contributed by atoms with Crippen LogP contribution in [0.5, 0.6) is 0 Å². The van der Waals surface area contributed by atoms with Crippen molar-refractivity contribution < 1.29 is 8.78 Å². The molecule has 0 bridgehead atoms. The zero-order valence-corrected chi connectivity index (χ0v) is 9.95. The molecule has 0 atom stereocenters. The highest BCUT2D eigenvalue weighted by molar-refractivity contribution is 5.71. The van der Waals surface area contributed by atoms with Gasteiger partial charge in [0.2, 0.25) is 0 Å². The Morgan fingerprint density at radius 2 is 2.06 bits per heavy atom. The summed E-state index contributed by atoms with van der Waals surface area (Å²) in [7, 11) is 0. The monoisotopic (exact) mass is 249 g/mol. The topological polar surface area (TPSA) is 43.8 Å². The van der Waals surface area contributed by atoms with Gasteiger partial charge in [-0.3, -0.25) is 0 Å². The van der Waals surface area contributed by atoms with Gasteiger partial charge in [-0.05, 0) is 31.9 Å². The number of halogens is 2. The molecule has 3 rings (SSSR count). The lowest BCUT2D eigenvalue weighted by atomic mass is 10.1. The molecule has 0 saturated heterocycles. The summed E-state index contributed by atoms with van der Waals surface area (Å²) in [4.78, 5) is 4.27. The number of hydrogen-bond acceptors (Lipinski definition) is 2. The average Bonchev–Trinajstić information content (AvgIpc) is 3.10. The van der Waals surface area contributed by atoms with Crippen LogP contribution in [0.2, 0.25) is 0 Å². The number of nitrogens with two attached hydrogens (primary N) is 1. The normalized spacial score (nSPS) is 15.1. The quantitative estimate of drug-likeness (QED) is 0.889. The van der Waals surface area contributed by atoms with Crippen LogP contribution in [0.15, 0.2) is 18.2 Å². The maximum atomic E-state index is 13.7. The van der Waals surface area contributed by atoms with Crippen LogP contribution in [-0.2, 0) is 0 Å². The second-order valence-electron chi connectivity index (χ2n) is 4.60. The third-order valence-electron chi connectivity index (χ3n) is 3.24. The van der Waals surface area contributed by atoms with Gasteiger partial charge in [0.05, 0.1) is 0 Å². The van der Waals surface area contributed by atoms with E-state index in [0.29, 0.717) is 17.6 Å². The first-order chi connectivity index (χ1) is 8.59.